The zero-order valence-electron chi connectivity index (χ0n) is 10.0. The highest BCUT2D eigenvalue weighted by Gasteiger charge is 2.36. The number of rotatable bonds is 7. The fraction of sp³-hybridized carbons (Fsp3) is 0.917. The first-order chi connectivity index (χ1) is 7.05. The third kappa shape index (κ3) is 2.94. The second-order valence-corrected chi connectivity index (χ2v) is 4.90. The second kappa shape index (κ2) is 4.97. The zero-order chi connectivity index (χ0) is 11.5. The van der Waals surface area contributed by atoms with Gasteiger partial charge in [-0.1, -0.05) is 20.8 Å². The maximum atomic E-state index is 11.2. The molecule has 0 amide bonds. The summed E-state index contributed by atoms with van der Waals surface area (Å²) in [7, 11) is 0. The van der Waals surface area contributed by atoms with Crippen LogP contribution < -0.4 is 5.32 Å². The van der Waals surface area contributed by atoms with E-state index in [-0.39, 0.29) is 0 Å². The molecule has 1 saturated carbocycles. The van der Waals surface area contributed by atoms with Gasteiger partial charge in [0.15, 0.2) is 0 Å². The first kappa shape index (κ1) is 12.5. The monoisotopic (exact) mass is 213 g/mol. The van der Waals surface area contributed by atoms with Gasteiger partial charge in [0.25, 0.3) is 0 Å². The smallest absolute Gasteiger partial charge is 0.310 e. The van der Waals surface area contributed by atoms with Crippen LogP contribution in [0.25, 0.3) is 0 Å². The largest absolute Gasteiger partial charge is 0.481 e. The summed E-state index contributed by atoms with van der Waals surface area (Å²) >= 11 is 0. The predicted molar refractivity (Wildman–Crippen MR) is 60.8 cm³/mol. The molecular weight excluding hydrogens is 190 g/mol. The normalized spacial score (nSPS) is 25.3. The van der Waals surface area contributed by atoms with Crippen molar-refractivity contribution in [3.05, 3.63) is 0 Å². The summed E-state index contributed by atoms with van der Waals surface area (Å²) in [5.41, 5.74) is -0.557. The molecule has 1 aliphatic carbocycles. The fourth-order valence-electron chi connectivity index (χ4n) is 2.06. The highest BCUT2D eigenvalue weighted by atomic mass is 16.4. The maximum Gasteiger partial charge on any atom is 0.310 e. The van der Waals surface area contributed by atoms with E-state index in [9.17, 15) is 9.90 Å². The fourth-order valence-corrected chi connectivity index (χ4v) is 2.06. The van der Waals surface area contributed by atoms with Crippen LogP contribution in [0.3, 0.4) is 0 Å². The molecular formula is C12H23NO2. The summed E-state index contributed by atoms with van der Waals surface area (Å²) in [6, 6.07) is 0. The molecule has 3 heteroatoms. The SMILES string of the molecule is CCC(CC)(CNCC1CC1C)C(=O)O. The van der Waals surface area contributed by atoms with E-state index in [1.807, 2.05) is 13.8 Å². The number of hydrogen-bond donors (Lipinski definition) is 2. The minimum atomic E-state index is -0.663. The zero-order valence-corrected chi connectivity index (χ0v) is 10.0. The molecule has 2 atom stereocenters. The summed E-state index contributed by atoms with van der Waals surface area (Å²) < 4.78 is 0. The van der Waals surface area contributed by atoms with Gasteiger partial charge in [0.05, 0.1) is 5.41 Å². The Morgan fingerprint density at radius 2 is 2.00 bits per heavy atom. The van der Waals surface area contributed by atoms with E-state index in [0.717, 1.165) is 18.4 Å². The van der Waals surface area contributed by atoms with Crippen LogP contribution in [-0.2, 0) is 4.79 Å². The Morgan fingerprint density at radius 1 is 1.47 bits per heavy atom. The van der Waals surface area contributed by atoms with Crippen molar-refractivity contribution < 1.29 is 9.90 Å². The van der Waals surface area contributed by atoms with Crippen LogP contribution in [-0.4, -0.2) is 24.2 Å². The summed E-state index contributed by atoms with van der Waals surface area (Å²) in [6.07, 6.45) is 2.70. The first-order valence-electron chi connectivity index (χ1n) is 6.00. The van der Waals surface area contributed by atoms with E-state index in [4.69, 9.17) is 0 Å². The standard InChI is InChI=1S/C12H23NO2/c1-4-12(5-2,11(14)15)8-13-7-10-6-9(10)3/h9-10,13H,4-8H2,1-3H3,(H,14,15). The van der Waals surface area contributed by atoms with E-state index < -0.39 is 11.4 Å². The lowest BCUT2D eigenvalue weighted by Crippen LogP contribution is -2.40. The van der Waals surface area contributed by atoms with Gasteiger partial charge in [0.2, 0.25) is 0 Å². The highest BCUT2D eigenvalue weighted by molar-refractivity contribution is 5.74. The lowest BCUT2D eigenvalue weighted by atomic mass is 9.82. The Bertz CT molecular complexity index is 224. The molecule has 0 heterocycles. The summed E-state index contributed by atoms with van der Waals surface area (Å²) in [4.78, 5) is 11.2. The van der Waals surface area contributed by atoms with Crippen molar-refractivity contribution in [1.82, 2.24) is 5.32 Å². The van der Waals surface area contributed by atoms with Crippen molar-refractivity contribution >= 4 is 5.97 Å². The molecule has 0 aromatic carbocycles. The van der Waals surface area contributed by atoms with Crippen LogP contribution in [0.1, 0.15) is 40.0 Å². The Balaban J connectivity index is 2.34. The number of carboxylic acids is 1. The Hall–Kier alpha value is -0.570. The van der Waals surface area contributed by atoms with Crippen molar-refractivity contribution in [1.29, 1.82) is 0 Å². The van der Waals surface area contributed by atoms with Crippen molar-refractivity contribution in [3.63, 3.8) is 0 Å². The number of hydrogen-bond acceptors (Lipinski definition) is 2. The molecule has 1 rings (SSSR count). The molecule has 15 heavy (non-hydrogen) atoms. The summed E-state index contributed by atoms with van der Waals surface area (Å²) in [5.74, 6) is 0.953. The van der Waals surface area contributed by atoms with Gasteiger partial charge in [-0.2, -0.15) is 0 Å². The summed E-state index contributed by atoms with van der Waals surface area (Å²) in [6.45, 7) is 7.75. The average molecular weight is 213 g/mol. The molecule has 0 aromatic heterocycles. The minimum absolute atomic E-state index is 0.557. The van der Waals surface area contributed by atoms with Gasteiger partial charge in [-0.05, 0) is 37.6 Å². The quantitative estimate of drug-likeness (QED) is 0.681. The van der Waals surface area contributed by atoms with Crippen molar-refractivity contribution in [3.8, 4) is 0 Å². The minimum Gasteiger partial charge on any atom is -0.481 e. The van der Waals surface area contributed by atoms with Gasteiger partial charge in [0.1, 0.15) is 0 Å². The number of carboxylic acid groups (broad SMARTS) is 1. The van der Waals surface area contributed by atoms with Gasteiger partial charge in [-0.25, -0.2) is 0 Å². The molecule has 0 aliphatic heterocycles. The summed E-state index contributed by atoms with van der Waals surface area (Å²) in [5, 5.41) is 12.5. The molecule has 0 aromatic rings. The van der Waals surface area contributed by atoms with Crippen molar-refractivity contribution in [2.75, 3.05) is 13.1 Å². The van der Waals surface area contributed by atoms with Crippen LogP contribution in [0.2, 0.25) is 0 Å². The third-order valence-corrected chi connectivity index (χ3v) is 3.95. The van der Waals surface area contributed by atoms with Crippen LogP contribution >= 0.6 is 0 Å². The van der Waals surface area contributed by atoms with Crippen LogP contribution in [0.5, 0.6) is 0 Å². The van der Waals surface area contributed by atoms with Crippen LogP contribution in [0, 0.1) is 17.3 Å². The average Bonchev–Trinajstić information content (AvgIpc) is 2.89. The van der Waals surface area contributed by atoms with E-state index in [2.05, 4.69) is 12.2 Å². The highest BCUT2D eigenvalue weighted by Crippen LogP contribution is 2.37. The lowest BCUT2D eigenvalue weighted by Gasteiger charge is -2.27. The molecule has 2 unspecified atom stereocenters. The van der Waals surface area contributed by atoms with Crippen LogP contribution in [0.4, 0.5) is 0 Å². The number of nitrogens with one attached hydrogen (secondary N) is 1. The Kier molecular flexibility index (Phi) is 4.14. The molecule has 0 saturated heterocycles. The first-order valence-corrected chi connectivity index (χ1v) is 6.00. The Labute approximate surface area is 92.3 Å². The van der Waals surface area contributed by atoms with E-state index in [0.29, 0.717) is 19.4 Å². The third-order valence-electron chi connectivity index (χ3n) is 3.95. The van der Waals surface area contributed by atoms with Gasteiger partial charge in [-0.3, -0.25) is 4.79 Å². The molecule has 88 valence electrons. The predicted octanol–water partition coefficient (Wildman–Crippen LogP) is 2.12. The van der Waals surface area contributed by atoms with E-state index in [1.165, 1.54) is 6.42 Å². The Morgan fingerprint density at radius 3 is 2.33 bits per heavy atom. The van der Waals surface area contributed by atoms with Gasteiger partial charge >= 0.3 is 5.97 Å². The topological polar surface area (TPSA) is 49.3 Å². The van der Waals surface area contributed by atoms with Gasteiger partial charge in [-0.15, -0.1) is 0 Å². The van der Waals surface area contributed by atoms with Crippen molar-refractivity contribution in [2.24, 2.45) is 17.3 Å². The molecule has 1 aliphatic rings. The molecule has 3 nitrogen and oxygen atoms in total. The molecule has 0 radical (unpaired) electrons. The van der Waals surface area contributed by atoms with E-state index in [1.54, 1.807) is 0 Å². The molecule has 0 bridgehead atoms. The lowest BCUT2D eigenvalue weighted by molar-refractivity contribution is -0.149. The molecule has 1 fully saturated rings. The van der Waals surface area contributed by atoms with Gasteiger partial charge in [0, 0.05) is 6.54 Å². The van der Waals surface area contributed by atoms with Crippen LogP contribution in [0.15, 0.2) is 0 Å². The second-order valence-electron chi connectivity index (χ2n) is 4.90. The van der Waals surface area contributed by atoms with Crippen molar-refractivity contribution in [2.45, 2.75) is 40.0 Å². The number of carbonyl (C=O) groups is 1. The van der Waals surface area contributed by atoms with E-state index >= 15 is 0 Å². The maximum absolute atomic E-state index is 11.2. The molecule has 2 N–H and O–H groups in total. The molecule has 0 spiro atoms. The van der Waals surface area contributed by atoms with Gasteiger partial charge < -0.3 is 10.4 Å². The number of aliphatic carboxylic acids is 1.